The van der Waals surface area contributed by atoms with E-state index in [0.717, 1.165) is 42.7 Å². The largest absolute Gasteiger partial charge is 0.493 e. The van der Waals surface area contributed by atoms with E-state index in [9.17, 15) is 18.3 Å². The van der Waals surface area contributed by atoms with Crippen molar-refractivity contribution in [2.45, 2.75) is 57.9 Å². The number of aryl methyl sites for hydroxylation is 2. The molecule has 0 aromatic heterocycles. The van der Waals surface area contributed by atoms with Gasteiger partial charge in [0.2, 0.25) is 0 Å². The molecule has 3 aromatic carbocycles. The third kappa shape index (κ3) is 5.90. The van der Waals surface area contributed by atoms with Crippen molar-refractivity contribution < 1.29 is 23.1 Å². The zero-order valence-corrected chi connectivity index (χ0v) is 23.8. The van der Waals surface area contributed by atoms with Gasteiger partial charge in [-0.1, -0.05) is 37.3 Å². The van der Waals surface area contributed by atoms with Crippen LogP contribution >= 0.6 is 0 Å². The molecule has 6 nitrogen and oxygen atoms in total. The molecule has 0 radical (unpaired) electrons. The number of hydrogen-bond donors (Lipinski definition) is 2. The highest BCUT2D eigenvalue weighted by atomic mass is 32.2. The van der Waals surface area contributed by atoms with Gasteiger partial charge in [-0.15, -0.1) is 0 Å². The lowest BCUT2D eigenvalue weighted by atomic mass is 9.85. The summed E-state index contributed by atoms with van der Waals surface area (Å²) in [7, 11) is -2.89. The smallest absolute Gasteiger partial charge is 0.307 e. The quantitative estimate of drug-likeness (QED) is 0.340. The van der Waals surface area contributed by atoms with Crippen molar-refractivity contribution in [2.75, 3.05) is 23.4 Å². The van der Waals surface area contributed by atoms with Crippen molar-refractivity contribution in [2.24, 2.45) is 11.3 Å². The number of carboxylic acid groups (broad SMARTS) is 1. The van der Waals surface area contributed by atoms with Crippen LogP contribution in [0.4, 0.5) is 5.69 Å². The van der Waals surface area contributed by atoms with Gasteiger partial charge in [0.1, 0.15) is 15.6 Å². The second-order valence-electron chi connectivity index (χ2n) is 12.2. The maximum Gasteiger partial charge on any atom is 0.307 e. The number of sulfone groups is 1. The first-order valence-electron chi connectivity index (χ1n) is 14.3. The molecule has 2 aliphatic carbocycles. The number of fused-ring (bicyclic) bond motifs is 3. The van der Waals surface area contributed by atoms with Crippen LogP contribution in [0.3, 0.4) is 0 Å². The van der Waals surface area contributed by atoms with Crippen LogP contribution in [-0.2, 0) is 34.0 Å². The zero-order chi connectivity index (χ0) is 27.9. The fraction of sp³-hybridized carbons (Fsp3) is 0.424. The molecule has 1 heterocycles. The van der Waals surface area contributed by atoms with Crippen LogP contribution in [0.15, 0.2) is 60.7 Å². The molecule has 2 fully saturated rings. The molecule has 210 valence electrons. The van der Waals surface area contributed by atoms with Gasteiger partial charge >= 0.3 is 5.97 Å². The minimum Gasteiger partial charge on any atom is -0.493 e. The molecule has 0 bridgehead atoms. The summed E-state index contributed by atoms with van der Waals surface area (Å²) in [4.78, 5) is 11.2. The first-order valence-corrected chi connectivity index (χ1v) is 16.2. The van der Waals surface area contributed by atoms with Crippen molar-refractivity contribution in [3.63, 3.8) is 0 Å². The molecule has 1 saturated carbocycles. The number of anilines is 1. The molecule has 2 N–H and O–H groups in total. The molecule has 1 aliphatic heterocycles. The van der Waals surface area contributed by atoms with E-state index in [0.29, 0.717) is 26.0 Å². The van der Waals surface area contributed by atoms with Crippen molar-refractivity contribution >= 4 is 21.5 Å². The van der Waals surface area contributed by atoms with E-state index < -0.39 is 15.8 Å². The Morgan fingerprint density at radius 2 is 1.73 bits per heavy atom. The van der Waals surface area contributed by atoms with Gasteiger partial charge in [-0.3, -0.25) is 4.79 Å². The number of benzene rings is 3. The first-order chi connectivity index (χ1) is 19.2. The number of aliphatic carboxylic acids is 1. The summed E-state index contributed by atoms with van der Waals surface area (Å²) in [6, 6.07) is 21.3. The molecule has 0 amide bonds. The number of carboxylic acids is 1. The van der Waals surface area contributed by atoms with Crippen LogP contribution in [0, 0.1) is 11.3 Å². The number of carbonyl (C=O) groups is 1. The molecule has 1 saturated heterocycles. The lowest BCUT2D eigenvalue weighted by Crippen LogP contribution is -2.35. The summed E-state index contributed by atoms with van der Waals surface area (Å²) in [5, 5.41) is 12.7. The van der Waals surface area contributed by atoms with Crippen LogP contribution in [0.5, 0.6) is 5.75 Å². The Morgan fingerprint density at radius 3 is 2.45 bits per heavy atom. The highest BCUT2D eigenvalue weighted by molar-refractivity contribution is 7.91. The third-order valence-corrected chi connectivity index (χ3v) is 10.6. The maximum atomic E-state index is 11.8. The molecule has 2 atom stereocenters. The summed E-state index contributed by atoms with van der Waals surface area (Å²) in [5.41, 5.74) is 8.45. The van der Waals surface area contributed by atoms with Crippen molar-refractivity contribution in [3.8, 4) is 16.9 Å². The normalized spacial score (nSPS) is 22.3. The van der Waals surface area contributed by atoms with Gasteiger partial charge in [-0.2, -0.15) is 0 Å². The lowest BCUT2D eigenvalue weighted by molar-refractivity contribution is -0.138. The number of ether oxygens (including phenoxy) is 1. The first kappa shape index (κ1) is 26.9. The average Bonchev–Trinajstić information content (AvgIpc) is 3.77. The topological polar surface area (TPSA) is 92.7 Å². The summed E-state index contributed by atoms with van der Waals surface area (Å²) < 4.78 is 29.9. The molecule has 0 unspecified atom stereocenters. The van der Waals surface area contributed by atoms with Gasteiger partial charge in [0.15, 0.2) is 0 Å². The summed E-state index contributed by atoms with van der Waals surface area (Å²) in [5.74, 6) is 0.586. The van der Waals surface area contributed by atoms with Gasteiger partial charge in [0.05, 0.1) is 24.0 Å². The molecule has 40 heavy (non-hydrogen) atoms. The highest BCUT2D eigenvalue weighted by Gasteiger charge is 2.44. The second-order valence-corrected chi connectivity index (χ2v) is 14.5. The number of rotatable bonds is 8. The maximum absolute atomic E-state index is 11.8. The Morgan fingerprint density at radius 1 is 0.975 bits per heavy atom. The minimum atomic E-state index is -2.89. The van der Waals surface area contributed by atoms with Crippen LogP contribution in [0.25, 0.3) is 11.1 Å². The van der Waals surface area contributed by atoms with E-state index in [-0.39, 0.29) is 28.8 Å². The molecular formula is C33H37NO5S. The SMILES string of the molecule is CC1(COc2ccc3c(c2)CCCc2ccc(CNc4ccc([C@H]5C[C@@H]5C(=O)O)cc4)cc2-3)CCS(=O)(=O)CC1. The van der Waals surface area contributed by atoms with Gasteiger partial charge in [0, 0.05) is 17.6 Å². The van der Waals surface area contributed by atoms with E-state index >= 15 is 0 Å². The Hall–Kier alpha value is -3.32. The molecular weight excluding hydrogens is 522 g/mol. The Bertz CT molecular complexity index is 1510. The summed E-state index contributed by atoms with van der Waals surface area (Å²) in [6.45, 7) is 3.38. The molecule has 3 aliphatic rings. The molecule has 6 rings (SSSR count). The second kappa shape index (κ2) is 10.6. The van der Waals surface area contributed by atoms with Crippen molar-refractivity contribution in [1.29, 1.82) is 0 Å². The van der Waals surface area contributed by atoms with Gasteiger partial charge in [-0.05, 0) is 108 Å². The standard InChI is InChI=1S/C33H37NO5S/c1-33(13-15-40(37,38)16-14-33)21-39-27-11-12-28-25(18-27)4-2-3-23-6-5-22(17-29(23)28)20-34-26-9-7-24(8-10-26)30-19-31(30)32(35)36/h5-12,17-18,30-31,34H,2-4,13-16,19-21H2,1H3,(H,35,36)/t30-,31+/m1/s1. The van der Waals surface area contributed by atoms with Gasteiger partial charge in [-0.25, -0.2) is 8.42 Å². The van der Waals surface area contributed by atoms with Crippen LogP contribution < -0.4 is 10.1 Å². The highest BCUT2D eigenvalue weighted by Crippen LogP contribution is 2.47. The molecule has 3 aromatic rings. The number of hydrogen-bond acceptors (Lipinski definition) is 5. The van der Waals surface area contributed by atoms with Crippen LogP contribution in [-0.4, -0.2) is 37.6 Å². The van der Waals surface area contributed by atoms with Gasteiger partial charge in [0.25, 0.3) is 0 Å². The third-order valence-electron chi connectivity index (χ3n) is 9.00. The summed E-state index contributed by atoms with van der Waals surface area (Å²) in [6.07, 6.45) is 5.17. The summed E-state index contributed by atoms with van der Waals surface area (Å²) >= 11 is 0. The average molecular weight is 560 g/mol. The van der Waals surface area contributed by atoms with Crippen molar-refractivity contribution in [1.82, 2.24) is 0 Å². The Labute approximate surface area is 236 Å². The molecule has 0 spiro atoms. The van der Waals surface area contributed by atoms with E-state index in [4.69, 9.17) is 4.74 Å². The lowest BCUT2D eigenvalue weighted by Gasteiger charge is -2.33. The zero-order valence-electron chi connectivity index (χ0n) is 23.0. The van der Waals surface area contributed by atoms with Crippen LogP contribution in [0.1, 0.15) is 60.8 Å². The van der Waals surface area contributed by atoms with Crippen molar-refractivity contribution in [3.05, 3.63) is 82.9 Å². The van der Waals surface area contributed by atoms with Gasteiger partial charge < -0.3 is 15.2 Å². The van der Waals surface area contributed by atoms with Crippen LogP contribution in [0.2, 0.25) is 0 Å². The van der Waals surface area contributed by atoms with E-state index in [1.54, 1.807) is 0 Å². The van der Waals surface area contributed by atoms with E-state index in [1.165, 1.54) is 27.8 Å². The van der Waals surface area contributed by atoms with E-state index in [1.807, 2.05) is 24.3 Å². The monoisotopic (exact) mass is 559 g/mol. The minimum absolute atomic E-state index is 0.105. The predicted octanol–water partition coefficient (Wildman–Crippen LogP) is 6.24. The number of nitrogens with one attached hydrogen (secondary N) is 1. The Kier molecular flexibility index (Phi) is 7.11. The molecule has 7 heteroatoms. The fourth-order valence-corrected chi connectivity index (χ4v) is 7.93. The Balaban J connectivity index is 1.12. The van der Waals surface area contributed by atoms with E-state index in [2.05, 4.69) is 48.6 Å². The fourth-order valence-electron chi connectivity index (χ4n) is 6.12. The predicted molar refractivity (Wildman–Crippen MR) is 158 cm³/mol.